The first-order chi connectivity index (χ1) is 15.6. The first-order valence-electron chi connectivity index (χ1n) is 12.1. The Kier molecular flexibility index (Phi) is 7.24. The molecule has 0 spiro atoms. The van der Waals surface area contributed by atoms with Crippen molar-refractivity contribution in [3.05, 3.63) is 117 Å². The van der Waals surface area contributed by atoms with Gasteiger partial charge in [0.05, 0.1) is 0 Å². The zero-order valence-corrected chi connectivity index (χ0v) is 22.1. The molecule has 176 valence electrons. The Labute approximate surface area is 206 Å². The third-order valence-electron chi connectivity index (χ3n) is 7.57. The predicted molar refractivity (Wildman–Crippen MR) is 153 cm³/mol. The fourth-order valence-electron chi connectivity index (χ4n) is 6.25. The Morgan fingerprint density at radius 1 is 0.353 bits per heavy atom. The maximum Gasteiger partial charge on any atom is 0.109 e. The van der Waals surface area contributed by atoms with Crippen molar-refractivity contribution < 1.29 is 5.48 Å². The van der Waals surface area contributed by atoms with Crippen LogP contribution in [0.3, 0.4) is 0 Å². The maximum atomic E-state index is 2.39. The van der Waals surface area contributed by atoms with Gasteiger partial charge in [0.25, 0.3) is 0 Å². The van der Waals surface area contributed by atoms with E-state index in [1.165, 1.54) is 66.4 Å². The van der Waals surface area contributed by atoms with E-state index in [1.54, 1.807) is 0 Å². The summed E-state index contributed by atoms with van der Waals surface area (Å²) < 4.78 is 0. The highest BCUT2D eigenvalue weighted by atomic mass is 16.0. The van der Waals surface area contributed by atoms with Crippen molar-refractivity contribution in [1.29, 1.82) is 0 Å². The van der Waals surface area contributed by atoms with E-state index < -0.39 is 6.15 Å². The number of rotatable bonds is 4. The van der Waals surface area contributed by atoms with E-state index in [9.17, 15) is 0 Å². The summed E-state index contributed by atoms with van der Waals surface area (Å²) in [6.45, 7) is 17.9. The van der Waals surface area contributed by atoms with Gasteiger partial charge < -0.3 is 5.48 Å². The Balaban J connectivity index is 0.00000324. The maximum absolute atomic E-state index is 2.39. The minimum atomic E-state index is -1.38. The van der Waals surface area contributed by atoms with Crippen molar-refractivity contribution in [2.75, 3.05) is 0 Å². The summed E-state index contributed by atoms with van der Waals surface area (Å²) in [5.41, 5.74) is 16.3. The molecule has 1 nitrogen and oxygen atoms in total. The van der Waals surface area contributed by atoms with Gasteiger partial charge in [-0.25, -0.2) is 0 Å². The average molecular weight is 450 g/mol. The molecule has 0 bridgehead atoms. The molecule has 4 aromatic rings. The van der Waals surface area contributed by atoms with E-state index in [1.807, 2.05) is 0 Å². The molecule has 4 aromatic carbocycles. The normalized spacial score (nSPS) is 11.3. The van der Waals surface area contributed by atoms with Crippen LogP contribution in [0.25, 0.3) is 0 Å². The Hall–Kier alpha value is -3.10. The van der Waals surface area contributed by atoms with Crippen LogP contribution in [0.5, 0.6) is 0 Å². The molecule has 2 heteroatoms. The fourth-order valence-corrected chi connectivity index (χ4v) is 6.25. The summed E-state index contributed by atoms with van der Waals surface area (Å²) in [4.78, 5) is 0. The highest BCUT2D eigenvalue weighted by Crippen LogP contribution is 2.19. The lowest BCUT2D eigenvalue weighted by molar-refractivity contribution is 0.686. The fraction of sp³-hybridized carbons (Fsp3) is 0.250. The molecule has 4 rings (SSSR count). The molecule has 3 N–H and O–H groups in total. The number of aryl methyl sites for hydroxylation is 8. The van der Waals surface area contributed by atoms with E-state index in [0.717, 1.165) is 0 Å². The quantitative estimate of drug-likeness (QED) is 0.322. The standard InChI is InChI=1S/C32H36B.H2O/c1-21-9-13-29(25(5)17-21)33(30-14-10-22(2)18-26(30)6,31-15-11-23(3)19-27(31)7)32-16-12-24(4)20-28(32)8;/h9-20H,1-8H3;1H2/q-1;/p+1. The van der Waals surface area contributed by atoms with E-state index in [2.05, 4.69) is 128 Å². The lowest BCUT2D eigenvalue weighted by Crippen LogP contribution is -2.76. The highest BCUT2D eigenvalue weighted by molar-refractivity contribution is 7.20. The molecule has 0 saturated carbocycles. The summed E-state index contributed by atoms with van der Waals surface area (Å²) in [5.74, 6) is 0. The second-order valence-corrected chi connectivity index (χ2v) is 10.3. The zero-order chi connectivity index (χ0) is 23.9. The first kappa shape index (κ1) is 25.5. The Morgan fingerprint density at radius 3 is 0.735 bits per heavy atom. The van der Waals surface area contributed by atoms with E-state index in [0.29, 0.717) is 0 Å². The van der Waals surface area contributed by atoms with Crippen LogP contribution in [0.2, 0.25) is 0 Å². The van der Waals surface area contributed by atoms with Gasteiger partial charge in [-0.15, -0.1) is 0 Å². The monoisotopic (exact) mass is 450 g/mol. The van der Waals surface area contributed by atoms with Gasteiger partial charge in [-0.1, -0.05) is 117 Å². The van der Waals surface area contributed by atoms with Gasteiger partial charge >= 0.3 is 0 Å². The lowest BCUT2D eigenvalue weighted by Gasteiger charge is -2.48. The van der Waals surface area contributed by atoms with Crippen LogP contribution in [0.4, 0.5) is 0 Å². The largest absolute Gasteiger partial charge is 0.457 e. The van der Waals surface area contributed by atoms with Gasteiger partial charge in [-0.3, -0.25) is 0 Å². The van der Waals surface area contributed by atoms with Crippen molar-refractivity contribution in [2.24, 2.45) is 0 Å². The van der Waals surface area contributed by atoms with Crippen LogP contribution in [0.1, 0.15) is 44.5 Å². The van der Waals surface area contributed by atoms with Crippen molar-refractivity contribution >= 4 is 28.0 Å². The molecule has 0 aliphatic carbocycles. The molecule has 0 radical (unpaired) electrons. The summed E-state index contributed by atoms with van der Waals surface area (Å²) >= 11 is 0. The van der Waals surface area contributed by atoms with Gasteiger partial charge in [0.15, 0.2) is 0 Å². The van der Waals surface area contributed by atoms with Crippen LogP contribution < -0.4 is 21.9 Å². The molecular weight excluding hydrogens is 411 g/mol. The molecule has 0 saturated heterocycles. The average Bonchev–Trinajstić information content (AvgIpc) is 2.72. The summed E-state index contributed by atoms with van der Waals surface area (Å²) in [5, 5.41) is 0. The minimum absolute atomic E-state index is 0. The minimum Gasteiger partial charge on any atom is -0.457 e. The van der Waals surface area contributed by atoms with E-state index >= 15 is 0 Å². The van der Waals surface area contributed by atoms with Crippen molar-refractivity contribution in [3.63, 3.8) is 0 Å². The van der Waals surface area contributed by atoms with Crippen LogP contribution in [0, 0.1) is 55.4 Å². The molecule has 0 aliphatic rings. The molecule has 0 unspecified atom stereocenters. The van der Waals surface area contributed by atoms with Gasteiger partial charge in [-0.2, -0.15) is 21.9 Å². The Bertz CT molecular complexity index is 1140. The third kappa shape index (κ3) is 4.23. The van der Waals surface area contributed by atoms with Crippen molar-refractivity contribution in [1.82, 2.24) is 0 Å². The number of benzene rings is 4. The first-order valence-corrected chi connectivity index (χ1v) is 12.1. The molecule has 0 fully saturated rings. The molecule has 34 heavy (non-hydrogen) atoms. The van der Waals surface area contributed by atoms with Crippen LogP contribution in [-0.2, 0) is 5.48 Å². The summed E-state index contributed by atoms with van der Waals surface area (Å²) in [6, 6.07) is 28.1. The van der Waals surface area contributed by atoms with Gasteiger partial charge in [0.1, 0.15) is 6.15 Å². The van der Waals surface area contributed by atoms with E-state index in [4.69, 9.17) is 0 Å². The molecule has 0 aliphatic heterocycles. The van der Waals surface area contributed by atoms with Gasteiger partial charge in [0.2, 0.25) is 0 Å². The van der Waals surface area contributed by atoms with Gasteiger partial charge in [-0.05, 0) is 55.4 Å². The number of hydrogen-bond donors (Lipinski definition) is 0. The van der Waals surface area contributed by atoms with Gasteiger partial charge in [0, 0.05) is 0 Å². The lowest BCUT2D eigenvalue weighted by atomic mass is 9.11. The topological polar surface area (TPSA) is 33.0 Å². The number of hydrogen-bond acceptors (Lipinski definition) is 0. The molecule has 0 atom stereocenters. The Morgan fingerprint density at radius 2 is 0.559 bits per heavy atom. The molecular formula is C32H39BO. The van der Waals surface area contributed by atoms with Crippen molar-refractivity contribution in [2.45, 2.75) is 55.4 Å². The van der Waals surface area contributed by atoms with E-state index in [-0.39, 0.29) is 5.48 Å². The zero-order valence-electron chi connectivity index (χ0n) is 22.1. The summed E-state index contributed by atoms with van der Waals surface area (Å²) in [6.07, 6.45) is -1.38. The van der Waals surface area contributed by atoms with Crippen molar-refractivity contribution in [3.8, 4) is 0 Å². The molecule has 0 aromatic heterocycles. The second kappa shape index (κ2) is 9.64. The SMILES string of the molecule is Cc1ccc([B-](c2ccc(C)cc2C)(c2ccc(C)cc2C)c2ccc(C)cc2C)c(C)c1.[OH3+]. The highest BCUT2D eigenvalue weighted by Gasteiger charge is 2.35. The summed E-state index contributed by atoms with van der Waals surface area (Å²) in [7, 11) is 0. The predicted octanol–water partition coefficient (Wildman–Crippen LogP) is 4.61. The smallest absolute Gasteiger partial charge is 0.109 e. The molecule has 0 heterocycles. The second-order valence-electron chi connectivity index (χ2n) is 10.3. The van der Waals surface area contributed by atoms with Crippen LogP contribution in [0.15, 0.2) is 72.8 Å². The van der Waals surface area contributed by atoms with Crippen LogP contribution >= 0.6 is 0 Å². The third-order valence-corrected chi connectivity index (χ3v) is 7.57. The molecule has 0 amide bonds. The van der Waals surface area contributed by atoms with Crippen LogP contribution in [-0.4, -0.2) is 6.15 Å².